The number of nitrogens with zero attached hydrogens (tertiary/aromatic N) is 1. The summed E-state index contributed by atoms with van der Waals surface area (Å²) < 4.78 is 51.7. The van der Waals surface area contributed by atoms with Crippen molar-refractivity contribution < 1.29 is 27.5 Å². The van der Waals surface area contributed by atoms with E-state index in [1.165, 1.54) is 11.0 Å². The molecule has 8 heteroatoms. The lowest BCUT2D eigenvalue weighted by atomic mass is 10.1. The molecule has 0 bridgehead atoms. The number of carbonyl (C=O) groups excluding carboxylic acids is 1. The first-order valence-corrected chi connectivity index (χ1v) is 7.92. The molecule has 4 nitrogen and oxygen atoms in total. The Balaban J connectivity index is 2.19. The summed E-state index contributed by atoms with van der Waals surface area (Å²) in [6, 6.07) is 8.09. The summed E-state index contributed by atoms with van der Waals surface area (Å²) in [5.41, 5.74) is -1.11. The molecule has 0 atom stereocenters. The fourth-order valence-corrected chi connectivity index (χ4v) is 2.40. The number of nitrogens with one attached hydrogen (secondary N) is 1. The molecule has 0 saturated carbocycles. The van der Waals surface area contributed by atoms with Crippen molar-refractivity contribution in [3.8, 4) is 5.75 Å². The number of aromatic hydroxyl groups is 1. The predicted molar refractivity (Wildman–Crippen MR) is 89.2 cm³/mol. The summed E-state index contributed by atoms with van der Waals surface area (Å²) in [5, 5.41) is 12.2. The van der Waals surface area contributed by atoms with E-state index < -0.39 is 23.6 Å². The van der Waals surface area contributed by atoms with Crippen molar-refractivity contribution in [1.82, 2.24) is 4.90 Å². The van der Waals surface area contributed by atoms with Gasteiger partial charge in [0.2, 0.25) is 0 Å². The Labute approximate surface area is 148 Å². The first-order chi connectivity index (χ1) is 12.2. The zero-order chi connectivity index (χ0) is 19.3. The van der Waals surface area contributed by atoms with E-state index in [1.807, 2.05) is 6.92 Å². The smallest absolute Gasteiger partial charge is 0.419 e. The highest BCUT2D eigenvalue weighted by atomic mass is 19.4. The number of rotatable bonds is 5. The van der Waals surface area contributed by atoms with Gasteiger partial charge in [0.25, 0.3) is 0 Å². The highest BCUT2D eigenvalue weighted by Gasteiger charge is 2.34. The molecule has 0 aliphatic heterocycles. The van der Waals surface area contributed by atoms with Gasteiger partial charge in [-0.1, -0.05) is 25.1 Å². The van der Waals surface area contributed by atoms with Crippen molar-refractivity contribution in [2.75, 3.05) is 11.9 Å². The molecule has 0 saturated heterocycles. The van der Waals surface area contributed by atoms with Crippen LogP contribution in [0.3, 0.4) is 0 Å². The van der Waals surface area contributed by atoms with E-state index in [9.17, 15) is 27.5 Å². The number of benzene rings is 2. The van der Waals surface area contributed by atoms with Crippen LogP contribution in [0.25, 0.3) is 0 Å². The fourth-order valence-electron chi connectivity index (χ4n) is 2.40. The molecule has 0 fully saturated rings. The van der Waals surface area contributed by atoms with E-state index in [0.29, 0.717) is 30.7 Å². The Bertz CT molecular complexity index is 778. The van der Waals surface area contributed by atoms with Crippen LogP contribution in [0.2, 0.25) is 0 Å². The van der Waals surface area contributed by atoms with Gasteiger partial charge in [-0.3, -0.25) is 0 Å². The Kier molecular flexibility index (Phi) is 6.07. The molecule has 0 radical (unpaired) electrons. The summed E-state index contributed by atoms with van der Waals surface area (Å²) >= 11 is 0. The molecule has 0 unspecified atom stereocenters. The first kappa shape index (κ1) is 19.6. The van der Waals surface area contributed by atoms with Crippen LogP contribution >= 0.6 is 0 Å². The monoisotopic (exact) mass is 370 g/mol. The SMILES string of the molecule is CCCN(Cc1ccccc1O)C(=O)Nc1ccc(F)c(C(F)(F)F)c1. The average molecular weight is 370 g/mol. The van der Waals surface area contributed by atoms with Crippen LogP contribution in [0.4, 0.5) is 28.0 Å². The highest BCUT2D eigenvalue weighted by Crippen LogP contribution is 2.33. The molecule has 2 aromatic rings. The molecule has 2 amide bonds. The molecular weight excluding hydrogens is 352 g/mol. The molecule has 0 spiro atoms. The predicted octanol–water partition coefficient (Wildman–Crippen LogP) is 4.99. The standard InChI is InChI=1S/C18H18F4N2O2/c1-2-9-24(11-12-5-3-4-6-16(12)25)17(26)23-13-7-8-15(19)14(10-13)18(20,21)22/h3-8,10,25H,2,9,11H2,1H3,(H,23,26). The van der Waals surface area contributed by atoms with Gasteiger partial charge in [0.15, 0.2) is 0 Å². The Morgan fingerprint density at radius 3 is 2.50 bits per heavy atom. The first-order valence-electron chi connectivity index (χ1n) is 7.92. The molecule has 0 aromatic heterocycles. The van der Waals surface area contributed by atoms with Crippen LogP contribution in [0, 0.1) is 5.82 Å². The molecule has 2 rings (SSSR count). The minimum atomic E-state index is -4.86. The van der Waals surface area contributed by atoms with Gasteiger partial charge in [-0.2, -0.15) is 13.2 Å². The van der Waals surface area contributed by atoms with Crippen molar-refractivity contribution in [2.24, 2.45) is 0 Å². The number of anilines is 1. The Morgan fingerprint density at radius 2 is 1.88 bits per heavy atom. The minimum Gasteiger partial charge on any atom is -0.508 e. The number of amides is 2. The minimum absolute atomic E-state index is 0.0162. The maximum absolute atomic E-state index is 13.3. The zero-order valence-corrected chi connectivity index (χ0v) is 14.0. The molecule has 2 N–H and O–H groups in total. The van der Waals surface area contributed by atoms with Crippen LogP contribution in [0.5, 0.6) is 5.75 Å². The topological polar surface area (TPSA) is 52.6 Å². The molecule has 0 aliphatic rings. The van der Waals surface area contributed by atoms with E-state index in [4.69, 9.17) is 0 Å². The van der Waals surface area contributed by atoms with Crippen LogP contribution in [-0.4, -0.2) is 22.6 Å². The second-order valence-electron chi connectivity index (χ2n) is 5.67. The number of carbonyl (C=O) groups is 1. The van der Waals surface area contributed by atoms with E-state index in [0.717, 1.165) is 6.07 Å². The Hall–Kier alpha value is -2.77. The highest BCUT2D eigenvalue weighted by molar-refractivity contribution is 5.89. The van der Waals surface area contributed by atoms with Gasteiger partial charge in [-0.05, 0) is 30.7 Å². The van der Waals surface area contributed by atoms with Gasteiger partial charge in [-0.15, -0.1) is 0 Å². The second-order valence-corrected chi connectivity index (χ2v) is 5.67. The number of hydrogen-bond donors (Lipinski definition) is 2. The van der Waals surface area contributed by atoms with Gasteiger partial charge >= 0.3 is 12.2 Å². The van der Waals surface area contributed by atoms with Crippen LogP contribution in [0.1, 0.15) is 24.5 Å². The summed E-state index contributed by atoms with van der Waals surface area (Å²) in [5.74, 6) is -1.39. The summed E-state index contributed by atoms with van der Waals surface area (Å²) in [4.78, 5) is 13.8. The molecular formula is C18H18F4N2O2. The van der Waals surface area contributed by atoms with Crippen molar-refractivity contribution in [1.29, 1.82) is 0 Å². The van der Waals surface area contributed by atoms with Crippen molar-refractivity contribution >= 4 is 11.7 Å². The van der Waals surface area contributed by atoms with Crippen LogP contribution in [0.15, 0.2) is 42.5 Å². The van der Waals surface area contributed by atoms with Crippen molar-refractivity contribution in [2.45, 2.75) is 26.1 Å². The summed E-state index contributed by atoms with van der Waals surface area (Å²) in [7, 11) is 0. The third kappa shape index (κ3) is 4.87. The molecule has 2 aromatic carbocycles. The van der Waals surface area contributed by atoms with E-state index in [1.54, 1.807) is 18.2 Å². The maximum Gasteiger partial charge on any atom is 0.419 e. The second kappa shape index (κ2) is 8.07. The average Bonchev–Trinajstić information content (AvgIpc) is 2.57. The summed E-state index contributed by atoms with van der Waals surface area (Å²) in [6.07, 6.45) is -4.25. The van der Waals surface area contributed by atoms with E-state index in [2.05, 4.69) is 5.32 Å². The zero-order valence-electron chi connectivity index (χ0n) is 14.0. The van der Waals surface area contributed by atoms with Gasteiger partial charge < -0.3 is 15.3 Å². The molecule has 140 valence electrons. The largest absolute Gasteiger partial charge is 0.508 e. The number of alkyl halides is 3. The van der Waals surface area contributed by atoms with Gasteiger partial charge in [0.05, 0.1) is 12.1 Å². The molecule has 0 heterocycles. The van der Waals surface area contributed by atoms with Crippen LogP contribution < -0.4 is 5.32 Å². The van der Waals surface area contributed by atoms with Gasteiger partial charge in [0, 0.05) is 17.8 Å². The van der Waals surface area contributed by atoms with E-state index >= 15 is 0 Å². The number of para-hydroxylation sites is 1. The van der Waals surface area contributed by atoms with Gasteiger partial charge in [0.1, 0.15) is 11.6 Å². The summed E-state index contributed by atoms with van der Waals surface area (Å²) in [6.45, 7) is 2.25. The lowest BCUT2D eigenvalue weighted by Crippen LogP contribution is -2.35. The lowest BCUT2D eigenvalue weighted by Gasteiger charge is -2.23. The number of urea groups is 1. The molecule has 26 heavy (non-hydrogen) atoms. The number of halogens is 4. The van der Waals surface area contributed by atoms with Gasteiger partial charge in [-0.25, -0.2) is 9.18 Å². The fraction of sp³-hybridized carbons (Fsp3) is 0.278. The van der Waals surface area contributed by atoms with Crippen LogP contribution in [-0.2, 0) is 12.7 Å². The number of hydrogen-bond acceptors (Lipinski definition) is 2. The van der Waals surface area contributed by atoms with Crippen molar-refractivity contribution in [3.05, 3.63) is 59.4 Å². The lowest BCUT2D eigenvalue weighted by molar-refractivity contribution is -0.139. The number of phenols is 1. The Morgan fingerprint density at radius 1 is 1.19 bits per heavy atom. The normalized spacial score (nSPS) is 11.3. The van der Waals surface area contributed by atoms with Crippen molar-refractivity contribution in [3.63, 3.8) is 0 Å². The quantitative estimate of drug-likeness (QED) is 0.728. The number of phenolic OH excluding ortho intramolecular Hbond substituents is 1. The molecule has 0 aliphatic carbocycles. The third-order valence-corrected chi connectivity index (χ3v) is 3.66. The third-order valence-electron chi connectivity index (χ3n) is 3.66. The maximum atomic E-state index is 13.3. The van der Waals surface area contributed by atoms with E-state index in [-0.39, 0.29) is 18.0 Å².